The van der Waals surface area contributed by atoms with E-state index in [1.165, 1.54) is 30.3 Å². The second-order valence-corrected chi connectivity index (χ2v) is 8.76. The van der Waals surface area contributed by atoms with E-state index in [9.17, 15) is 17.6 Å². The molecule has 1 heterocycles. The summed E-state index contributed by atoms with van der Waals surface area (Å²) in [6, 6.07) is 11.7. The Morgan fingerprint density at radius 1 is 1.12 bits per heavy atom. The van der Waals surface area contributed by atoms with Gasteiger partial charge in [0.2, 0.25) is 19.3 Å². The maximum absolute atomic E-state index is 13.7. The molecule has 6 nitrogen and oxygen atoms in total. The van der Waals surface area contributed by atoms with Crippen molar-refractivity contribution < 1.29 is 17.6 Å². The van der Waals surface area contributed by atoms with Gasteiger partial charge < -0.3 is 0 Å². The van der Waals surface area contributed by atoms with Crippen LogP contribution in [0.25, 0.3) is 0 Å². The third kappa shape index (κ3) is 4.24. The van der Waals surface area contributed by atoms with Crippen molar-refractivity contribution in [2.75, 3.05) is 5.32 Å². The highest BCUT2D eigenvalue weighted by Crippen LogP contribution is 2.24. The summed E-state index contributed by atoms with van der Waals surface area (Å²) in [6.45, 7) is 0. The molecule has 0 bridgehead atoms. The van der Waals surface area contributed by atoms with E-state index in [0.29, 0.717) is 21.9 Å². The number of rotatable bonds is 5. The quantitative estimate of drug-likeness (QED) is 0.648. The molecular formula is C16H11ClFN3O3S2. The van der Waals surface area contributed by atoms with E-state index >= 15 is 0 Å². The molecule has 0 saturated carbocycles. The van der Waals surface area contributed by atoms with Crippen LogP contribution in [0, 0.1) is 5.82 Å². The van der Waals surface area contributed by atoms with E-state index in [1.807, 2.05) is 0 Å². The van der Waals surface area contributed by atoms with E-state index in [1.54, 1.807) is 18.2 Å². The summed E-state index contributed by atoms with van der Waals surface area (Å²) in [6.07, 6.45) is 0. The summed E-state index contributed by atoms with van der Waals surface area (Å²) >= 11 is 6.46. The normalized spacial score (nSPS) is 11.3. The van der Waals surface area contributed by atoms with Gasteiger partial charge in [0.05, 0.1) is 5.75 Å². The third-order valence-corrected chi connectivity index (χ3v) is 6.50. The van der Waals surface area contributed by atoms with Gasteiger partial charge in [-0.15, -0.1) is 10.2 Å². The first-order chi connectivity index (χ1) is 12.3. The van der Waals surface area contributed by atoms with E-state index in [0.717, 1.165) is 0 Å². The van der Waals surface area contributed by atoms with Crippen LogP contribution in [0.2, 0.25) is 5.02 Å². The number of amides is 1. The SMILES string of the molecule is O=C(Nc1nnc(S(=O)(=O)Cc2ccccc2F)s1)c1ccc(Cl)cc1. The summed E-state index contributed by atoms with van der Waals surface area (Å²) in [7, 11) is -3.88. The molecule has 26 heavy (non-hydrogen) atoms. The van der Waals surface area contributed by atoms with Crippen LogP contribution < -0.4 is 5.32 Å². The van der Waals surface area contributed by atoms with Crippen molar-refractivity contribution in [1.29, 1.82) is 0 Å². The summed E-state index contributed by atoms with van der Waals surface area (Å²) in [5.41, 5.74) is 0.370. The second-order valence-electron chi connectivity index (χ2n) is 5.18. The van der Waals surface area contributed by atoms with Crippen LogP contribution in [-0.2, 0) is 15.6 Å². The van der Waals surface area contributed by atoms with Crippen molar-refractivity contribution in [2.45, 2.75) is 10.1 Å². The molecule has 0 fully saturated rings. The van der Waals surface area contributed by atoms with Crippen LogP contribution >= 0.6 is 22.9 Å². The van der Waals surface area contributed by atoms with Gasteiger partial charge in [0.25, 0.3) is 5.91 Å². The Kier molecular flexibility index (Phi) is 5.30. The Balaban J connectivity index is 1.75. The molecule has 0 spiro atoms. The van der Waals surface area contributed by atoms with Crippen molar-refractivity contribution in [3.05, 3.63) is 70.5 Å². The van der Waals surface area contributed by atoms with Crippen LogP contribution in [0.5, 0.6) is 0 Å². The zero-order chi connectivity index (χ0) is 18.7. The Morgan fingerprint density at radius 3 is 2.50 bits per heavy atom. The van der Waals surface area contributed by atoms with Gasteiger partial charge in [-0.25, -0.2) is 12.8 Å². The zero-order valence-corrected chi connectivity index (χ0v) is 15.4. The predicted molar refractivity (Wildman–Crippen MR) is 96.6 cm³/mol. The molecule has 0 unspecified atom stereocenters. The van der Waals surface area contributed by atoms with Crippen LogP contribution in [0.1, 0.15) is 15.9 Å². The van der Waals surface area contributed by atoms with Gasteiger partial charge in [0.15, 0.2) is 0 Å². The molecule has 0 aliphatic rings. The largest absolute Gasteiger partial charge is 0.296 e. The number of hydrogen-bond donors (Lipinski definition) is 1. The van der Waals surface area contributed by atoms with Gasteiger partial charge in [0.1, 0.15) is 5.82 Å². The topological polar surface area (TPSA) is 89.0 Å². The Hall–Kier alpha value is -2.36. The molecule has 3 aromatic rings. The van der Waals surface area contributed by atoms with Crippen LogP contribution in [0.15, 0.2) is 52.9 Å². The van der Waals surface area contributed by atoms with Gasteiger partial charge in [-0.2, -0.15) is 0 Å². The highest BCUT2D eigenvalue weighted by molar-refractivity contribution is 7.92. The van der Waals surface area contributed by atoms with Gasteiger partial charge in [-0.3, -0.25) is 10.1 Å². The molecular weight excluding hydrogens is 401 g/mol. The predicted octanol–water partition coefficient (Wildman–Crippen LogP) is 3.56. The number of hydrogen-bond acceptors (Lipinski definition) is 6. The van der Waals surface area contributed by atoms with Crippen LogP contribution in [0.4, 0.5) is 9.52 Å². The monoisotopic (exact) mass is 411 g/mol. The first-order valence-electron chi connectivity index (χ1n) is 7.22. The molecule has 1 aromatic heterocycles. The van der Waals surface area contributed by atoms with Gasteiger partial charge in [-0.1, -0.05) is 41.1 Å². The molecule has 0 aliphatic carbocycles. The zero-order valence-electron chi connectivity index (χ0n) is 13.0. The van der Waals surface area contributed by atoms with Crippen molar-refractivity contribution in [2.24, 2.45) is 0 Å². The standard InChI is InChI=1S/C16H11ClFN3O3S2/c17-12-7-5-10(6-8-12)14(22)19-15-20-21-16(25-15)26(23,24)9-11-3-1-2-4-13(11)18/h1-8H,9H2,(H,19,20,22). The van der Waals surface area contributed by atoms with Crippen LogP contribution in [0.3, 0.4) is 0 Å². The minimum absolute atomic E-state index is 0.0251. The lowest BCUT2D eigenvalue weighted by molar-refractivity contribution is 0.102. The van der Waals surface area contributed by atoms with Gasteiger partial charge >= 0.3 is 0 Å². The summed E-state index contributed by atoms with van der Waals surface area (Å²) in [5.74, 6) is -1.63. The van der Waals surface area contributed by atoms with Crippen molar-refractivity contribution >= 4 is 43.8 Å². The Labute approximate surface area is 157 Å². The molecule has 3 rings (SSSR count). The van der Waals surface area contributed by atoms with E-state index in [4.69, 9.17) is 11.6 Å². The number of halogens is 2. The summed E-state index contributed by atoms with van der Waals surface area (Å²) in [5, 5.41) is 10.2. The Morgan fingerprint density at radius 2 is 1.81 bits per heavy atom. The minimum atomic E-state index is -3.88. The fourth-order valence-electron chi connectivity index (χ4n) is 2.04. The van der Waals surface area contributed by atoms with Gasteiger partial charge in [-0.05, 0) is 30.3 Å². The molecule has 1 N–H and O–H groups in total. The fourth-order valence-corrected chi connectivity index (χ4v) is 4.49. The van der Waals surface area contributed by atoms with Crippen LogP contribution in [-0.4, -0.2) is 24.5 Å². The lowest BCUT2D eigenvalue weighted by Crippen LogP contribution is -2.11. The highest BCUT2D eigenvalue weighted by atomic mass is 35.5. The number of aromatic nitrogens is 2. The average Bonchev–Trinajstić information content (AvgIpc) is 3.07. The smallest absolute Gasteiger partial charge is 0.257 e. The van der Waals surface area contributed by atoms with Gasteiger partial charge in [0, 0.05) is 16.1 Å². The maximum atomic E-state index is 13.7. The van der Waals surface area contributed by atoms with Crippen molar-refractivity contribution in [1.82, 2.24) is 10.2 Å². The number of anilines is 1. The number of nitrogens with one attached hydrogen (secondary N) is 1. The Bertz CT molecular complexity index is 1050. The number of nitrogens with zero attached hydrogens (tertiary/aromatic N) is 2. The summed E-state index contributed by atoms with van der Waals surface area (Å²) in [4.78, 5) is 12.1. The molecule has 0 atom stereocenters. The molecule has 2 aromatic carbocycles. The lowest BCUT2D eigenvalue weighted by Gasteiger charge is -2.02. The second kappa shape index (κ2) is 7.48. The molecule has 0 aliphatic heterocycles. The first-order valence-corrected chi connectivity index (χ1v) is 10.1. The molecule has 134 valence electrons. The molecule has 1 amide bonds. The number of sulfone groups is 1. The minimum Gasteiger partial charge on any atom is -0.296 e. The molecule has 0 radical (unpaired) electrons. The molecule has 10 heteroatoms. The average molecular weight is 412 g/mol. The molecule has 0 saturated heterocycles. The van der Waals surface area contributed by atoms with E-state index in [2.05, 4.69) is 15.5 Å². The maximum Gasteiger partial charge on any atom is 0.257 e. The number of benzene rings is 2. The van der Waals surface area contributed by atoms with E-state index < -0.39 is 27.3 Å². The number of carbonyl (C=O) groups is 1. The van der Waals surface area contributed by atoms with Crippen molar-refractivity contribution in [3.63, 3.8) is 0 Å². The number of carbonyl (C=O) groups excluding carboxylic acids is 1. The highest BCUT2D eigenvalue weighted by Gasteiger charge is 2.23. The van der Waals surface area contributed by atoms with E-state index in [-0.39, 0.29) is 15.0 Å². The first kappa shape index (κ1) is 18.4. The van der Waals surface area contributed by atoms with Crippen molar-refractivity contribution in [3.8, 4) is 0 Å². The summed E-state index contributed by atoms with van der Waals surface area (Å²) < 4.78 is 38.1. The fraction of sp³-hybridized carbons (Fsp3) is 0.0625. The third-order valence-electron chi connectivity index (χ3n) is 3.30. The lowest BCUT2D eigenvalue weighted by atomic mass is 10.2.